The van der Waals surface area contributed by atoms with Gasteiger partial charge in [0.1, 0.15) is 0 Å². The van der Waals surface area contributed by atoms with Crippen molar-refractivity contribution in [3.05, 3.63) is 0 Å². The number of rotatable bonds is 5. The number of amides is 2. The number of ether oxygens (including phenoxy) is 1. The van der Waals surface area contributed by atoms with Crippen LogP contribution >= 0.6 is 0 Å². The monoisotopic (exact) mass is 359 g/mol. The second-order valence-corrected chi connectivity index (χ2v) is 8.94. The Bertz CT molecular complexity index is 590. The van der Waals surface area contributed by atoms with Gasteiger partial charge in [-0.15, -0.1) is 0 Å². The number of carbonyl (C=O) groups excluding carboxylic acids is 2. The zero-order valence-corrected chi connectivity index (χ0v) is 14.8. The zero-order valence-electron chi connectivity index (χ0n) is 13.9. The third-order valence-electron chi connectivity index (χ3n) is 4.89. The first-order valence-corrected chi connectivity index (χ1v) is 10.1. The third kappa shape index (κ3) is 3.66. The zero-order chi connectivity index (χ0) is 17.3. The summed E-state index contributed by atoms with van der Waals surface area (Å²) in [6.45, 7) is 3.86. The molecule has 1 saturated carbocycles. The number of sulfonamides is 1. The molecule has 2 saturated heterocycles. The number of carbonyl (C=O) groups is 2. The first-order valence-electron chi connectivity index (χ1n) is 8.63. The molecule has 8 nitrogen and oxygen atoms in total. The molecular formula is C15H25N3O5S. The van der Waals surface area contributed by atoms with Gasteiger partial charge in [0.25, 0.3) is 0 Å². The number of likely N-dealkylation sites (tertiary alicyclic amines) is 1. The summed E-state index contributed by atoms with van der Waals surface area (Å²) in [4.78, 5) is 25.5. The molecule has 0 radical (unpaired) electrons. The van der Waals surface area contributed by atoms with Crippen molar-refractivity contribution in [2.45, 2.75) is 43.9 Å². The number of nitrogens with one attached hydrogen (secondary N) is 1. The van der Waals surface area contributed by atoms with Gasteiger partial charge < -0.3 is 15.0 Å². The van der Waals surface area contributed by atoms with Gasteiger partial charge in [-0.2, -0.15) is 4.31 Å². The van der Waals surface area contributed by atoms with Gasteiger partial charge in [-0.05, 0) is 32.6 Å². The van der Waals surface area contributed by atoms with E-state index in [0.717, 1.165) is 12.8 Å². The van der Waals surface area contributed by atoms with Crippen LogP contribution in [-0.2, 0) is 19.6 Å². The molecule has 0 aromatic heterocycles. The SMILES string of the molecule is CCOC(=O)N1CCC(NC(=O)C2CN(S(=O)(=O)C3CC3)C2)CC1. The van der Waals surface area contributed by atoms with Gasteiger partial charge >= 0.3 is 6.09 Å². The topological polar surface area (TPSA) is 96.0 Å². The second-order valence-electron chi connectivity index (χ2n) is 6.73. The third-order valence-corrected chi connectivity index (χ3v) is 7.22. The fourth-order valence-electron chi connectivity index (χ4n) is 3.13. The molecule has 0 atom stereocenters. The molecular weight excluding hydrogens is 334 g/mol. The van der Waals surface area contributed by atoms with E-state index in [-0.39, 0.29) is 29.2 Å². The fourth-order valence-corrected chi connectivity index (χ4v) is 5.06. The van der Waals surface area contributed by atoms with E-state index in [1.807, 2.05) is 0 Å². The molecule has 2 aliphatic heterocycles. The van der Waals surface area contributed by atoms with Gasteiger partial charge in [-0.1, -0.05) is 0 Å². The van der Waals surface area contributed by atoms with Crippen molar-refractivity contribution in [1.82, 2.24) is 14.5 Å². The van der Waals surface area contributed by atoms with Crippen molar-refractivity contribution in [2.75, 3.05) is 32.8 Å². The predicted octanol–water partition coefficient (Wildman–Crippen LogP) is 0.148. The Morgan fingerprint density at radius 3 is 2.29 bits per heavy atom. The maximum absolute atomic E-state index is 12.2. The molecule has 0 aromatic carbocycles. The molecule has 24 heavy (non-hydrogen) atoms. The highest BCUT2D eigenvalue weighted by atomic mass is 32.2. The molecule has 3 aliphatic rings. The van der Waals surface area contributed by atoms with E-state index in [9.17, 15) is 18.0 Å². The first-order chi connectivity index (χ1) is 11.4. The number of piperidine rings is 1. The molecule has 1 N–H and O–H groups in total. The van der Waals surface area contributed by atoms with E-state index < -0.39 is 10.0 Å². The maximum Gasteiger partial charge on any atom is 0.409 e. The predicted molar refractivity (Wildman–Crippen MR) is 86.8 cm³/mol. The highest BCUT2D eigenvalue weighted by Crippen LogP contribution is 2.34. The molecule has 1 aliphatic carbocycles. The van der Waals surface area contributed by atoms with Gasteiger partial charge in [0.2, 0.25) is 15.9 Å². The summed E-state index contributed by atoms with van der Waals surface area (Å²) >= 11 is 0. The van der Waals surface area contributed by atoms with Crippen molar-refractivity contribution in [1.29, 1.82) is 0 Å². The van der Waals surface area contributed by atoms with Crippen LogP contribution in [0.4, 0.5) is 4.79 Å². The van der Waals surface area contributed by atoms with Crippen LogP contribution in [0.1, 0.15) is 32.6 Å². The quantitative estimate of drug-likeness (QED) is 0.754. The van der Waals surface area contributed by atoms with E-state index in [1.165, 1.54) is 4.31 Å². The van der Waals surface area contributed by atoms with Gasteiger partial charge in [0.15, 0.2) is 0 Å². The van der Waals surface area contributed by atoms with Gasteiger partial charge in [-0.3, -0.25) is 4.79 Å². The van der Waals surface area contributed by atoms with E-state index in [4.69, 9.17) is 4.74 Å². The minimum Gasteiger partial charge on any atom is -0.450 e. The standard InChI is InChI=1S/C15H25N3O5S/c1-2-23-15(20)17-7-5-12(6-8-17)16-14(19)11-9-18(10-11)24(21,22)13-3-4-13/h11-13H,2-10H2,1H3,(H,16,19). The average Bonchev–Trinajstić information content (AvgIpc) is 3.31. The number of hydrogen-bond acceptors (Lipinski definition) is 5. The van der Waals surface area contributed by atoms with Crippen molar-refractivity contribution in [3.63, 3.8) is 0 Å². The minimum absolute atomic E-state index is 0.0391. The first kappa shape index (κ1) is 17.5. The normalized spacial score (nSPS) is 23.6. The Morgan fingerprint density at radius 2 is 1.75 bits per heavy atom. The summed E-state index contributed by atoms with van der Waals surface area (Å²) in [6, 6.07) is 0.0391. The van der Waals surface area contributed by atoms with E-state index >= 15 is 0 Å². The van der Waals surface area contributed by atoms with Crippen LogP contribution in [0, 0.1) is 5.92 Å². The Labute approximate surface area is 142 Å². The summed E-state index contributed by atoms with van der Waals surface area (Å²) in [5.41, 5.74) is 0. The average molecular weight is 359 g/mol. The van der Waals surface area contributed by atoms with Crippen molar-refractivity contribution in [2.24, 2.45) is 5.92 Å². The van der Waals surface area contributed by atoms with E-state index in [0.29, 0.717) is 45.6 Å². The van der Waals surface area contributed by atoms with Crippen LogP contribution in [0.3, 0.4) is 0 Å². The van der Waals surface area contributed by atoms with E-state index in [1.54, 1.807) is 11.8 Å². The highest BCUT2D eigenvalue weighted by molar-refractivity contribution is 7.90. The van der Waals surface area contributed by atoms with Gasteiger partial charge in [-0.25, -0.2) is 13.2 Å². The lowest BCUT2D eigenvalue weighted by Crippen LogP contribution is -2.58. The summed E-state index contributed by atoms with van der Waals surface area (Å²) in [5, 5.41) is 2.78. The van der Waals surface area contributed by atoms with Crippen molar-refractivity contribution >= 4 is 22.0 Å². The summed E-state index contributed by atoms with van der Waals surface area (Å²) in [5.74, 6) is -0.326. The number of hydrogen-bond donors (Lipinski definition) is 1. The van der Waals surface area contributed by atoms with Crippen LogP contribution in [-0.4, -0.2) is 73.7 Å². The Hall–Kier alpha value is -1.35. The molecule has 136 valence electrons. The van der Waals surface area contributed by atoms with Gasteiger partial charge in [0.05, 0.1) is 17.8 Å². The molecule has 3 fully saturated rings. The van der Waals surface area contributed by atoms with Crippen molar-refractivity contribution < 1.29 is 22.7 Å². The van der Waals surface area contributed by atoms with Crippen LogP contribution < -0.4 is 5.32 Å². The number of nitrogens with zero attached hydrogens (tertiary/aromatic N) is 2. The lowest BCUT2D eigenvalue weighted by molar-refractivity contribution is -0.129. The Morgan fingerprint density at radius 1 is 1.12 bits per heavy atom. The maximum atomic E-state index is 12.2. The minimum atomic E-state index is -3.16. The van der Waals surface area contributed by atoms with Crippen LogP contribution in [0.25, 0.3) is 0 Å². The fraction of sp³-hybridized carbons (Fsp3) is 0.867. The highest BCUT2D eigenvalue weighted by Gasteiger charge is 2.47. The lowest BCUT2D eigenvalue weighted by atomic mass is 10.00. The summed E-state index contributed by atoms with van der Waals surface area (Å²) in [6.07, 6.45) is 2.58. The molecule has 2 heterocycles. The molecule has 0 aromatic rings. The molecule has 9 heteroatoms. The van der Waals surface area contributed by atoms with Crippen LogP contribution in [0.2, 0.25) is 0 Å². The Balaban J connectivity index is 1.39. The largest absolute Gasteiger partial charge is 0.450 e. The second kappa shape index (κ2) is 6.87. The summed E-state index contributed by atoms with van der Waals surface area (Å²) in [7, 11) is -3.16. The molecule has 0 spiro atoms. The molecule has 0 bridgehead atoms. The van der Waals surface area contributed by atoms with Gasteiger partial charge in [0, 0.05) is 32.2 Å². The molecule has 3 rings (SSSR count). The van der Waals surface area contributed by atoms with Crippen molar-refractivity contribution in [3.8, 4) is 0 Å². The molecule has 2 amide bonds. The summed E-state index contributed by atoms with van der Waals surface area (Å²) < 4.78 is 30.5. The molecule has 0 unspecified atom stereocenters. The van der Waals surface area contributed by atoms with E-state index in [2.05, 4.69) is 5.32 Å². The smallest absolute Gasteiger partial charge is 0.409 e. The van der Waals surface area contributed by atoms with Crippen LogP contribution in [0.15, 0.2) is 0 Å². The Kier molecular flexibility index (Phi) is 5.00. The lowest BCUT2D eigenvalue weighted by Gasteiger charge is -2.38. The van der Waals surface area contributed by atoms with Crippen LogP contribution in [0.5, 0.6) is 0 Å².